The van der Waals surface area contributed by atoms with Crippen LogP contribution in [-0.2, 0) is 20.1 Å². The number of para-hydroxylation sites is 1. The SMILES string of the molecule is Cn1cnnc1CNCc1nc2ccccc2c(=O)[nH]1. The van der Waals surface area contributed by atoms with Crippen molar-refractivity contribution in [2.45, 2.75) is 13.1 Å². The van der Waals surface area contributed by atoms with Gasteiger partial charge < -0.3 is 14.9 Å². The Balaban J connectivity index is 1.75. The standard InChI is InChI=1S/C13H14N6O/c1-19-8-15-18-12(19)7-14-6-11-16-10-5-3-2-4-9(10)13(20)17-11/h2-5,8,14H,6-7H2,1H3,(H,16,17,20). The van der Waals surface area contributed by atoms with Gasteiger partial charge in [0.15, 0.2) is 0 Å². The summed E-state index contributed by atoms with van der Waals surface area (Å²) in [6, 6.07) is 7.28. The van der Waals surface area contributed by atoms with Gasteiger partial charge in [0, 0.05) is 7.05 Å². The van der Waals surface area contributed by atoms with E-state index in [9.17, 15) is 4.79 Å². The number of aryl methyl sites for hydroxylation is 1. The number of H-pyrrole nitrogens is 1. The van der Waals surface area contributed by atoms with E-state index >= 15 is 0 Å². The molecule has 0 spiro atoms. The maximum Gasteiger partial charge on any atom is 0.258 e. The van der Waals surface area contributed by atoms with Crippen molar-refractivity contribution in [1.82, 2.24) is 30.0 Å². The number of aromatic amines is 1. The van der Waals surface area contributed by atoms with E-state index in [-0.39, 0.29) is 5.56 Å². The molecule has 3 rings (SSSR count). The number of nitrogens with one attached hydrogen (secondary N) is 2. The van der Waals surface area contributed by atoms with Crippen molar-refractivity contribution in [1.29, 1.82) is 0 Å². The van der Waals surface area contributed by atoms with Crippen molar-refractivity contribution in [2.75, 3.05) is 0 Å². The predicted octanol–water partition coefficient (Wildman–Crippen LogP) is 0.341. The van der Waals surface area contributed by atoms with Crippen LogP contribution in [-0.4, -0.2) is 24.7 Å². The highest BCUT2D eigenvalue weighted by atomic mass is 16.1. The molecule has 0 saturated carbocycles. The lowest BCUT2D eigenvalue weighted by atomic mass is 10.2. The van der Waals surface area contributed by atoms with Crippen LogP contribution >= 0.6 is 0 Å². The summed E-state index contributed by atoms with van der Waals surface area (Å²) in [6.07, 6.45) is 1.65. The first-order valence-corrected chi connectivity index (χ1v) is 6.25. The third-order valence-corrected chi connectivity index (χ3v) is 3.04. The van der Waals surface area contributed by atoms with E-state index in [0.29, 0.717) is 29.8 Å². The van der Waals surface area contributed by atoms with Gasteiger partial charge in [-0.05, 0) is 12.1 Å². The minimum atomic E-state index is -0.119. The Bertz CT molecular complexity index is 791. The Morgan fingerprint density at radius 3 is 2.95 bits per heavy atom. The summed E-state index contributed by atoms with van der Waals surface area (Å²) in [5, 5.41) is 11.6. The topological polar surface area (TPSA) is 88.5 Å². The van der Waals surface area contributed by atoms with E-state index < -0.39 is 0 Å². The second-order valence-corrected chi connectivity index (χ2v) is 4.49. The van der Waals surface area contributed by atoms with Crippen molar-refractivity contribution in [3.8, 4) is 0 Å². The second kappa shape index (κ2) is 5.22. The Morgan fingerprint density at radius 2 is 2.15 bits per heavy atom. The van der Waals surface area contributed by atoms with E-state index in [1.165, 1.54) is 0 Å². The maximum atomic E-state index is 11.9. The van der Waals surface area contributed by atoms with Crippen LogP contribution in [0.5, 0.6) is 0 Å². The molecule has 20 heavy (non-hydrogen) atoms. The van der Waals surface area contributed by atoms with Crippen molar-refractivity contribution < 1.29 is 0 Å². The van der Waals surface area contributed by atoms with Crippen molar-refractivity contribution in [3.05, 3.63) is 52.6 Å². The van der Waals surface area contributed by atoms with Gasteiger partial charge in [0.1, 0.15) is 18.0 Å². The molecule has 2 N–H and O–H groups in total. The lowest BCUT2D eigenvalue weighted by Gasteiger charge is -2.05. The fourth-order valence-corrected chi connectivity index (χ4v) is 1.98. The van der Waals surface area contributed by atoms with Crippen molar-refractivity contribution in [3.63, 3.8) is 0 Å². The molecule has 3 aromatic rings. The summed E-state index contributed by atoms with van der Waals surface area (Å²) in [5.74, 6) is 1.43. The summed E-state index contributed by atoms with van der Waals surface area (Å²) >= 11 is 0. The molecule has 0 amide bonds. The molecule has 0 fully saturated rings. The zero-order valence-corrected chi connectivity index (χ0v) is 11.0. The van der Waals surface area contributed by atoms with E-state index in [1.807, 2.05) is 29.8 Å². The molecule has 0 atom stereocenters. The first kappa shape index (κ1) is 12.5. The zero-order valence-electron chi connectivity index (χ0n) is 11.0. The van der Waals surface area contributed by atoms with Gasteiger partial charge in [0.25, 0.3) is 5.56 Å². The van der Waals surface area contributed by atoms with Crippen LogP contribution in [0, 0.1) is 0 Å². The van der Waals surface area contributed by atoms with Gasteiger partial charge in [-0.15, -0.1) is 10.2 Å². The van der Waals surface area contributed by atoms with Gasteiger partial charge >= 0.3 is 0 Å². The van der Waals surface area contributed by atoms with Gasteiger partial charge in [-0.3, -0.25) is 4.79 Å². The van der Waals surface area contributed by atoms with Gasteiger partial charge in [-0.1, -0.05) is 12.1 Å². The first-order valence-electron chi connectivity index (χ1n) is 6.25. The average molecular weight is 270 g/mol. The highest BCUT2D eigenvalue weighted by Crippen LogP contribution is 2.05. The fraction of sp³-hybridized carbons (Fsp3) is 0.231. The van der Waals surface area contributed by atoms with Crippen molar-refractivity contribution >= 4 is 10.9 Å². The third-order valence-electron chi connectivity index (χ3n) is 3.04. The number of hydrogen-bond donors (Lipinski definition) is 2. The molecule has 2 heterocycles. The number of nitrogens with zero attached hydrogens (tertiary/aromatic N) is 4. The average Bonchev–Trinajstić information content (AvgIpc) is 2.85. The van der Waals surface area contributed by atoms with Gasteiger partial charge in [0.2, 0.25) is 0 Å². The molecule has 7 nitrogen and oxygen atoms in total. The first-order chi connectivity index (χ1) is 9.74. The number of hydrogen-bond acceptors (Lipinski definition) is 5. The third kappa shape index (κ3) is 2.43. The predicted molar refractivity (Wildman–Crippen MR) is 73.9 cm³/mol. The highest BCUT2D eigenvalue weighted by molar-refractivity contribution is 5.77. The number of rotatable bonds is 4. The number of benzene rings is 1. The van der Waals surface area contributed by atoms with E-state index in [1.54, 1.807) is 12.4 Å². The second-order valence-electron chi connectivity index (χ2n) is 4.49. The monoisotopic (exact) mass is 270 g/mol. The van der Waals surface area contributed by atoms with Gasteiger partial charge in [-0.25, -0.2) is 4.98 Å². The largest absolute Gasteiger partial charge is 0.320 e. The van der Waals surface area contributed by atoms with Crippen LogP contribution in [0.1, 0.15) is 11.6 Å². The lowest BCUT2D eigenvalue weighted by Crippen LogP contribution is -2.20. The Kier molecular flexibility index (Phi) is 3.26. The highest BCUT2D eigenvalue weighted by Gasteiger charge is 2.04. The molecule has 0 aliphatic carbocycles. The number of fused-ring (bicyclic) bond motifs is 1. The van der Waals surface area contributed by atoms with Crippen LogP contribution in [0.15, 0.2) is 35.4 Å². The Hall–Kier alpha value is -2.54. The summed E-state index contributed by atoms with van der Waals surface area (Å²) in [4.78, 5) is 19.1. The summed E-state index contributed by atoms with van der Waals surface area (Å²) in [7, 11) is 1.88. The van der Waals surface area contributed by atoms with Crippen LogP contribution in [0.2, 0.25) is 0 Å². The minimum Gasteiger partial charge on any atom is -0.320 e. The smallest absolute Gasteiger partial charge is 0.258 e. The fourth-order valence-electron chi connectivity index (χ4n) is 1.98. The molecule has 1 aromatic carbocycles. The van der Waals surface area contributed by atoms with Crippen LogP contribution < -0.4 is 10.9 Å². The molecule has 2 aromatic heterocycles. The van der Waals surface area contributed by atoms with Crippen molar-refractivity contribution in [2.24, 2.45) is 7.05 Å². The molecule has 0 unspecified atom stereocenters. The summed E-state index contributed by atoms with van der Waals surface area (Å²) < 4.78 is 1.84. The molecule has 0 saturated heterocycles. The van der Waals surface area contributed by atoms with Gasteiger partial charge in [-0.2, -0.15) is 0 Å². The minimum absolute atomic E-state index is 0.119. The van der Waals surface area contributed by atoms with E-state index in [0.717, 1.165) is 5.82 Å². The summed E-state index contributed by atoms with van der Waals surface area (Å²) in [6.45, 7) is 1.03. The zero-order chi connectivity index (χ0) is 13.9. The molecule has 0 aliphatic heterocycles. The maximum absolute atomic E-state index is 11.9. The van der Waals surface area contributed by atoms with E-state index in [2.05, 4.69) is 25.5 Å². The molecule has 0 bridgehead atoms. The van der Waals surface area contributed by atoms with Crippen LogP contribution in [0.3, 0.4) is 0 Å². The molecular formula is C13H14N6O. The Morgan fingerprint density at radius 1 is 1.30 bits per heavy atom. The van der Waals surface area contributed by atoms with Crippen LogP contribution in [0.4, 0.5) is 0 Å². The molecule has 7 heteroatoms. The van der Waals surface area contributed by atoms with Gasteiger partial charge in [0.05, 0.1) is 24.0 Å². The van der Waals surface area contributed by atoms with E-state index in [4.69, 9.17) is 0 Å². The quantitative estimate of drug-likeness (QED) is 0.713. The molecule has 0 aliphatic rings. The molecule has 102 valence electrons. The normalized spacial score (nSPS) is 11.1. The molecular weight excluding hydrogens is 256 g/mol. The number of aromatic nitrogens is 5. The molecule has 0 radical (unpaired) electrons. The lowest BCUT2D eigenvalue weighted by molar-refractivity contribution is 0.619. The van der Waals surface area contributed by atoms with Crippen LogP contribution in [0.25, 0.3) is 10.9 Å². The Labute approximate surface area is 114 Å². The summed E-state index contributed by atoms with van der Waals surface area (Å²) in [5.41, 5.74) is 0.581.